The fraction of sp³-hybridized carbons (Fsp3) is 0.381. The number of hydrogen-bond acceptors (Lipinski definition) is 5. The first-order valence-corrected chi connectivity index (χ1v) is 9.04. The van der Waals surface area contributed by atoms with E-state index in [1.807, 2.05) is 31.2 Å². The third-order valence-corrected chi connectivity index (χ3v) is 5.58. The minimum absolute atomic E-state index is 0.124. The first-order valence-electron chi connectivity index (χ1n) is 9.04. The minimum Gasteiger partial charge on any atom is -0.399 e. The van der Waals surface area contributed by atoms with E-state index in [2.05, 4.69) is 4.90 Å². The number of allylic oxidation sites excluding steroid dienone is 2. The quantitative estimate of drug-likeness (QED) is 0.870. The molecule has 3 rings (SSSR count). The molecule has 1 heterocycles. The summed E-state index contributed by atoms with van der Waals surface area (Å²) in [5.74, 6) is -3.29. The van der Waals surface area contributed by atoms with Crippen molar-refractivity contribution >= 4 is 0 Å². The largest absolute Gasteiger partial charge is 0.399 e. The van der Waals surface area contributed by atoms with Crippen molar-refractivity contribution in [2.75, 3.05) is 19.6 Å². The number of benzene rings is 1. The van der Waals surface area contributed by atoms with Gasteiger partial charge in [-0.3, -0.25) is 4.90 Å². The molecule has 1 aliphatic heterocycles. The normalized spacial score (nSPS) is 23.8. The summed E-state index contributed by atoms with van der Waals surface area (Å²) in [6, 6.07) is 9.41. The van der Waals surface area contributed by atoms with Gasteiger partial charge in [0.2, 0.25) is 0 Å². The molecule has 0 amide bonds. The van der Waals surface area contributed by atoms with Crippen LogP contribution in [0.1, 0.15) is 24.8 Å². The molecule has 0 spiro atoms. The molecule has 2 atom stereocenters. The summed E-state index contributed by atoms with van der Waals surface area (Å²) in [6.45, 7) is 3.96. The predicted molar refractivity (Wildman–Crippen MR) is 97.9 cm³/mol. The molecule has 2 aliphatic rings. The van der Waals surface area contributed by atoms with Gasteiger partial charge in [0.1, 0.15) is 6.07 Å². The molecule has 0 radical (unpaired) electrons. The molecule has 142 valence electrons. The summed E-state index contributed by atoms with van der Waals surface area (Å²) in [7, 11) is 0. The smallest absolute Gasteiger partial charge is 0.191 e. The minimum atomic E-state index is -1.84. The number of fused-ring (bicyclic) bond motifs is 1. The number of rotatable bonds is 3. The molecule has 7 heteroatoms. The van der Waals surface area contributed by atoms with Crippen molar-refractivity contribution < 1.29 is 8.78 Å². The average Bonchev–Trinajstić information content (AvgIpc) is 2.70. The predicted octanol–water partition coefficient (Wildman–Crippen LogP) is 3.10. The molecule has 1 aromatic carbocycles. The van der Waals surface area contributed by atoms with Gasteiger partial charge in [0.25, 0.3) is 0 Å². The fourth-order valence-electron chi connectivity index (χ4n) is 4.32. The Balaban J connectivity index is 2.28. The van der Waals surface area contributed by atoms with E-state index in [-0.39, 0.29) is 11.3 Å². The van der Waals surface area contributed by atoms with E-state index in [0.29, 0.717) is 24.2 Å². The van der Waals surface area contributed by atoms with Crippen LogP contribution in [0.3, 0.4) is 0 Å². The van der Waals surface area contributed by atoms with Crippen LogP contribution < -0.4 is 5.73 Å². The maximum atomic E-state index is 14.0. The van der Waals surface area contributed by atoms with Crippen LogP contribution in [0.4, 0.5) is 8.78 Å². The number of nitriles is 3. The van der Waals surface area contributed by atoms with E-state index in [1.165, 1.54) is 6.07 Å². The Hall–Kier alpha value is -3.21. The Labute approximate surface area is 162 Å². The van der Waals surface area contributed by atoms with E-state index in [0.717, 1.165) is 25.1 Å². The third kappa shape index (κ3) is 2.83. The van der Waals surface area contributed by atoms with Crippen molar-refractivity contribution in [1.29, 1.82) is 15.8 Å². The molecule has 0 saturated heterocycles. The van der Waals surface area contributed by atoms with Crippen LogP contribution in [-0.2, 0) is 0 Å². The fourth-order valence-corrected chi connectivity index (χ4v) is 4.32. The van der Waals surface area contributed by atoms with Crippen molar-refractivity contribution in [3.63, 3.8) is 0 Å². The topological polar surface area (TPSA) is 101 Å². The van der Waals surface area contributed by atoms with Crippen molar-refractivity contribution in [3.05, 3.63) is 58.3 Å². The van der Waals surface area contributed by atoms with Crippen LogP contribution in [0, 0.1) is 57.0 Å². The van der Waals surface area contributed by atoms with Gasteiger partial charge < -0.3 is 5.73 Å². The number of hydrogen-bond donors (Lipinski definition) is 1. The second-order valence-electron chi connectivity index (χ2n) is 7.11. The summed E-state index contributed by atoms with van der Waals surface area (Å²) in [5.41, 5.74) is 5.34. The lowest BCUT2D eigenvalue weighted by atomic mass is 9.58. The highest BCUT2D eigenvalue weighted by atomic mass is 19.2. The Kier molecular flexibility index (Phi) is 5.18. The second-order valence-corrected chi connectivity index (χ2v) is 7.11. The average molecular weight is 379 g/mol. The molecule has 0 fully saturated rings. The van der Waals surface area contributed by atoms with Crippen molar-refractivity contribution in [3.8, 4) is 18.2 Å². The summed E-state index contributed by atoms with van der Waals surface area (Å²) in [6.07, 6.45) is 2.80. The molecule has 1 aliphatic carbocycles. The second kappa shape index (κ2) is 7.43. The molecular weight excluding hydrogens is 360 g/mol. The van der Waals surface area contributed by atoms with Crippen molar-refractivity contribution in [2.45, 2.75) is 19.3 Å². The van der Waals surface area contributed by atoms with Crippen LogP contribution in [0.5, 0.6) is 0 Å². The molecule has 28 heavy (non-hydrogen) atoms. The van der Waals surface area contributed by atoms with Crippen LogP contribution >= 0.6 is 0 Å². The highest BCUT2D eigenvalue weighted by Gasteiger charge is 2.54. The van der Waals surface area contributed by atoms with Crippen LogP contribution in [0.2, 0.25) is 0 Å². The van der Waals surface area contributed by atoms with E-state index in [1.54, 1.807) is 0 Å². The Morgan fingerprint density at radius 2 is 1.93 bits per heavy atom. The van der Waals surface area contributed by atoms with Crippen molar-refractivity contribution in [1.82, 2.24) is 4.90 Å². The molecule has 0 unspecified atom stereocenters. The van der Waals surface area contributed by atoms with Gasteiger partial charge in [-0.2, -0.15) is 15.8 Å². The zero-order valence-corrected chi connectivity index (χ0v) is 15.4. The highest BCUT2D eigenvalue weighted by Crippen LogP contribution is 2.54. The van der Waals surface area contributed by atoms with Gasteiger partial charge in [-0.1, -0.05) is 19.1 Å². The summed E-state index contributed by atoms with van der Waals surface area (Å²) in [4.78, 5) is 2.15. The Morgan fingerprint density at radius 3 is 2.50 bits per heavy atom. The zero-order chi connectivity index (χ0) is 20.5. The zero-order valence-electron chi connectivity index (χ0n) is 15.4. The van der Waals surface area contributed by atoms with E-state index >= 15 is 0 Å². The first-order chi connectivity index (χ1) is 13.4. The standard InChI is InChI=1S/C21H19F2N5/c1-2-6-28-7-5-14-15(9-24)20(27)21(11-25,12-26)19(16(14)10-28)13-3-4-17(22)18(23)8-13/h3-5,8,16,19H,2,6-7,10,27H2,1H3/t16-,19-/m0/s1. The Morgan fingerprint density at radius 1 is 1.21 bits per heavy atom. The molecule has 1 aromatic rings. The monoisotopic (exact) mass is 379 g/mol. The number of halogens is 2. The van der Waals surface area contributed by atoms with Gasteiger partial charge in [0, 0.05) is 24.9 Å². The maximum absolute atomic E-state index is 14.0. The molecule has 0 saturated carbocycles. The van der Waals surface area contributed by atoms with Gasteiger partial charge in [-0.25, -0.2) is 8.78 Å². The molecule has 5 nitrogen and oxygen atoms in total. The van der Waals surface area contributed by atoms with Gasteiger partial charge in [-0.15, -0.1) is 0 Å². The van der Waals surface area contributed by atoms with Crippen molar-refractivity contribution in [2.24, 2.45) is 17.1 Å². The molecular formula is C21H19F2N5. The number of nitrogens with zero attached hydrogens (tertiary/aromatic N) is 4. The van der Waals surface area contributed by atoms with Crippen LogP contribution in [0.25, 0.3) is 0 Å². The lowest BCUT2D eigenvalue weighted by Gasteiger charge is -2.45. The van der Waals surface area contributed by atoms with E-state index in [9.17, 15) is 24.6 Å². The third-order valence-electron chi connectivity index (χ3n) is 5.58. The van der Waals surface area contributed by atoms with Crippen LogP contribution in [0.15, 0.2) is 41.1 Å². The van der Waals surface area contributed by atoms with Gasteiger partial charge in [0.05, 0.1) is 23.4 Å². The SMILES string of the molecule is CCCN1CC=C2C(C#N)=C(N)C(C#N)(C#N)[C@@H](c3ccc(F)c(F)c3)[C@H]2C1. The van der Waals surface area contributed by atoms with Crippen LogP contribution in [-0.4, -0.2) is 24.5 Å². The molecule has 0 bridgehead atoms. The van der Waals surface area contributed by atoms with Gasteiger partial charge in [-0.05, 0) is 36.2 Å². The summed E-state index contributed by atoms with van der Waals surface area (Å²) >= 11 is 0. The summed E-state index contributed by atoms with van der Waals surface area (Å²) in [5, 5.41) is 29.5. The lowest BCUT2D eigenvalue weighted by molar-refractivity contribution is 0.207. The van der Waals surface area contributed by atoms with Gasteiger partial charge >= 0.3 is 0 Å². The number of nitrogens with two attached hydrogens (primary N) is 1. The first kappa shape index (κ1) is 19.5. The lowest BCUT2D eigenvalue weighted by Crippen LogP contribution is -2.48. The molecule has 0 aromatic heterocycles. The molecule has 2 N–H and O–H groups in total. The highest BCUT2D eigenvalue weighted by molar-refractivity contribution is 5.59. The Bertz CT molecular complexity index is 976. The van der Waals surface area contributed by atoms with E-state index < -0.39 is 28.9 Å². The maximum Gasteiger partial charge on any atom is 0.191 e. The van der Waals surface area contributed by atoms with Gasteiger partial charge in [0.15, 0.2) is 17.0 Å². The summed E-state index contributed by atoms with van der Waals surface area (Å²) < 4.78 is 27.5. The van der Waals surface area contributed by atoms with E-state index in [4.69, 9.17) is 5.73 Å².